The number of amides is 2. The van der Waals surface area contributed by atoms with E-state index in [4.69, 9.17) is 23.7 Å². The van der Waals surface area contributed by atoms with E-state index in [9.17, 15) is 9.59 Å². The van der Waals surface area contributed by atoms with Crippen LogP contribution in [-0.4, -0.2) is 27.7 Å². The number of thioether (sulfide) groups is 1. The molecule has 126 valence electrons. The Morgan fingerprint density at radius 1 is 1.12 bits per heavy atom. The summed E-state index contributed by atoms with van der Waals surface area (Å²) in [5.41, 5.74) is 11.6. The van der Waals surface area contributed by atoms with Crippen LogP contribution >= 0.6 is 24.0 Å². The maximum atomic E-state index is 11.8. The molecular formula is C15H17N5O2S2. The zero-order chi connectivity index (χ0) is 17.7. The molecule has 2 aromatic rings. The summed E-state index contributed by atoms with van der Waals surface area (Å²) in [6.07, 6.45) is 0. The molecule has 7 nitrogen and oxygen atoms in total. The second-order valence-corrected chi connectivity index (χ2v) is 6.37. The van der Waals surface area contributed by atoms with Gasteiger partial charge in [-0.15, -0.1) is 11.8 Å². The van der Waals surface area contributed by atoms with Gasteiger partial charge in [0.1, 0.15) is 5.82 Å². The van der Waals surface area contributed by atoms with Gasteiger partial charge in [-0.2, -0.15) is 0 Å². The van der Waals surface area contributed by atoms with E-state index in [-0.39, 0.29) is 22.1 Å². The van der Waals surface area contributed by atoms with Crippen molar-refractivity contribution in [1.29, 1.82) is 0 Å². The Labute approximate surface area is 148 Å². The number of rotatable bonds is 6. The first-order chi connectivity index (χ1) is 11.4. The number of H-pyrrole nitrogens is 1. The predicted octanol–water partition coefficient (Wildman–Crippen LogP) is 2.13. The van der Waals surface area contributed by atoms with Crippen LogP contribution in [0.4, 0.5) is 11.5 Å². The van der Waals surface area contributed by atoms with Gasteiger partial charge in [-0.1, -0.05) is 25.1 Å². The number of thiocarbonyl (C=S) groups is 1. The van der Waals surface area contributed by atoms with Gasteiger partial charge in [-0.25, -0.2) is 0 Å². The zero-order valence-corrected chi connectivity index (χ0v) is 14.5. The SMILES string of the molecule is CCSc1[nH]c(NC(=S)Nc2ccccc2)c(C(N)=O)c1C(N)=O. The number of carbonyl (C=O) groups excluding carboxylic acids is 2. The van der Waals surface area contributed by atoms with E-state index in [0.717, 1.165) is 5.69 Å². The third kappa shape index (κ3) is 4.06. The molecule has 0 atom stereocenters. The van der Waals surface area contributed by atoms with Crippen molar-refractivity contribution in [2.75, 3.05) is 16.4 Å². The minimum atomic E-state index is -0.770. The highest BCUT2D eigenvalue weighted by molar-refractivity contribution is 7.99. The van der Waals surface area contributed by atoms with Gasteiger partial charge in [0.2, 0.25) is 0 Å². The largest absolute Gasteiger partial charge is 0.365 e. The van der Waals surface area contributed by atoms with Gasteiger partial charge in [0.05, 0.1) is 16.2 Å². The second kappa shape index (κ2) is 7.84. The van der Waals surface area contributed by atoms with Gasteiger partial charge in [0, 0.05) is 5.69 Å². The van der Waals surface area contributed by atoms with E-state index in [1.54, 1.807) is 0 Å². The molecule has 0 bridgehead atoms. The summed E-state index contributed by atoms with van der Waals surface area (Å²) < 4.78 is 0. The first-order valence-electron chi connectivity index (χ1n) is 7.05. The summed E-state index contributed by atoms with van der Waals surface area (Å²) in [7, 11) is 0. The first-order valence-corrected chi connectivity index (χ1v) is 8.44. The van der Waals surface area contributed by atoms with Crippen molar-refractivity contribution in [2.24, 2.45) is 11.5 Å². The van der Waals surface area contributed by atoms with Crippen LogP contribution in [0.15, 0.2) is 35.4 Å². The Morgan fingerprint density at radius 2 is 1.75 bits per heavy atom. The molecule has 7 N–H and O–H groups in total. The maximum absolute atomic E-state index is 11.8. The van der Waals surface area contributed by atoms with Gasteiger partial charge < -0.3 is 27.1 Å². The van der Waals surface area contributed by atoms with Crippen LogP contribution in [-0.2, 0) is 0 Å². The number of hydrogen-bond acceptors (Lipinski definition) is 4. The molecule has 0 aliphatic rings. The van der Waals surface area contributed by atoms with Crippen LogP contribution in [0.1, 0.15) is 27.6 Å². The van der Waals surface area contributed by atoms with Crippen LogP contribution in [0.2, 0.25) is 0 Å². The van der Waals surface area contributed by atoms with Crippen LogP contribution in [0.5, 0.6) is 0 Å². The lowest BCUT2D eigenvalue weighted by Crippen LogP contribution is -2.24. The molecule has 2 amide bonds. The number of carbonyl (C=O) groups is 2. The Morgan fingerprint density at radius 3 is 2.29 bits per heavy atom. The van der Waals surface area contributed by atoms with E-state index in [1.165, 1.54) is 11.8 Å². The van der Waals surface area contributed by atoms with E-state index in [1.807, 2.05) is 37.3 Å². The van der Waals surface area contributed by atoms with E-state index >= 15 is 0 Å². The summed E-state index contributed by atoms with van der Waals surface area (Å²) in [5, 5.41) is 6.55. The molecule has 0 spiro atoms. The molecule has 1 aromatic heterocycles. The van der Waals surface area contributed by atoms with Crippen molar-refractivity contribution in [1.82, 2.24) is 4.98 Å². The minimum Gasteiger partial charge on any atom is -0.365 e. The molecule has 2 rings (SSSR count). The standard InChI is InChI=1S/C15H17N5O2S2/c1-2-24-14-10(12(17)22)9(11(16)21)13(19-14)20-15(23)18-8-6-4-3-5-7-8/h3-7,19H,2H2,1H3,(H2,16,21)(H2,17,22)(H2,18,20,23). The number of aromatic amines is 1. The summed E-state index contributed by atoms with van der Waals surface area (Å²) in [6.45, 7) is 1.91. The summed E-state index contributed by atoms with van der Waals surface area (Å²) in [4.78, 5) is 26.5. The molecule has 24 heavy (non-hydrogen) atoms. The third-order valence-corrected chi connectivity index (χ3v) is 4.10. The fraction of sp³-hybridized carbons (Fsp3) is 0.133. The number of nitrogens with one attached hydrogen (secondary N) is 3. The zero-order valence-electron chi connectivity index (χ0n) is 12.9. The van der Waals surface area contributed by atoms with Crippen LogP contribution in [0, 0.1) is 0 Å². The molecule has 0 aliphatic heterocycles. The van der Waals surface area contributed by atoms with Gasteiger partial charge in [-0.3, -0.25) is 9.59 Å². The van der Waals surface area contributed by atoms with E-state index < -0.39 is 11.8 Å². The summed E-state index contributed by atoms with van der Waals surface area (Å²) in [5.74, 6) is -0.579. The monoisotopic (exact) mass is 363 g/mol. The van der Waals surface area contributed by atoms with Gasteiger partial charge in [0.25, 0.3) is 11.8 Å². The Kier molecular flexibility index (Phi) is 5.83. The number of primary amides is 2. The fourth-order valence-corrected chi connectivity index (χ4v) is 3.13. The molecule has 0 saturated carbocycles. The second-order valence-electron chi connectivity index (χ2n) is 4.69. The quantitative estimate of drug-likeness (QED) is 0.395. The highest BCUT2D eigenvalue weighted by Gasteiger charge is 2.25. The van der Waals surface area contributed by atoms with E-state index in [0.29, 0.717) is 10.8 Å². The van der Waals surface area contributed by atoms with Crippen molar-refractivity contribution in [3.8, 4) is 0 Å². The normalized spacial score (nSPS) is 10.2. The Bertz CT molecular complexity index is 774. The highest BCUT2D eigenvalue weighted by atomic mass is 32.2. The van der Waals surface area contributed by atoms with Crippen molar-refractivity contribution in [2.45, 2.75) is 11.9 Å². The average molecular weight is 363 g/mol. The molecule has 0 unspecified atom stereocenters. The van der Waals surface area contributed by atoms with Gasteiger partial charge in [0.15, 0.2) is 5.11 Å². The van der Waals surface area contributed by atoms with Gasteiger partial charge in [-0.05, 0) is 30.1 Å². The predicted molar refractivity (Wildman–Crippen MR) is 101 cm³/mol. The number of benzene rings is 1. The van der Waals surface area contributed by atoms with Gasteiger partial charge >= 0.3 is 0 Å². The first kappa shape index (κ1) is 17.8. The van der Waals surface area contributed by atoms with Crippen molar-refractivity contribution in [3.05, 3.63) is 41.5 Å². The van der Waals surface area contributed by atoms with Crippen molar-refractivity contribution >= 4 is 52.4 Å². The molecule has 1 heterocycles. The maximum Gasteiger partial charge on any atom is 0.253 e. The Balaban J connectivity index is 2.32. The lowest BCUT2D eigenvalue weighted by atomic mass is 10.1. The molecule has 1 aromatic carbocycles. The lowest BCUT2D eigenvalue weighted by Gasteiger charge is -2.10. The smallest absolute Gasteiger partial charge is 0.253 e. The Hall–Kier alpha value is -2.52. The molecule has 0 saturated heterocycles. The molecule has 9 heteroatoms. The van der Waals surface area contributed by atoms with Crippen LogP contribution in [0.3, 0.4) is 0 Å². The fourth-order valence-electron chi connectivity index (χ4n) is 2.10. The number of hydrogen-bond donors (Lipinski definition) is 5. The van der Waals surface area contributed by atoms with Crippen molar-refractivity contribution in [3.63, 3.8) is 0 Å². The number of anilines is 2. The summed E-state index contributed by atoms with van der Waals surface area (Å²) in [6, 6.07) is 9.27. The topological polar surface area (TPSA) is 126 Å². The van der Waals surface area contributed by atoms with E-state index in [2.05, 4.69) is 15.6 Å². The highest BCUT2D eigenvalue weighted by Crippen LogP contribution is 2.30. The molecule has 0 fully saturated rings. The average Bonchev–Trinajstić information content (AvgIpc) is 2.86. The lowest BCUT2D eigenvalue weighted by molar-refractivity contribution is 0.0967. The number of aromatic nitrogens is 1. The van der Waals surface area contributed by atoms with Crippen LogP contribution < -0.4 is 22.1 Å². The summed E-state index contributed by atoms with van der Waals surface area (Å²) >= 11 is 6.58. The van der Waals surface area contributed by atoms with Crippen molar-refractivity contribution < 1.29 is 9.59 Å². The third-order valence-electron chi connectivity index (χ3n) is 3.02. The number of para-hydroxylation sites is 1. The van der Waals surface area contributed by atoms with Crippen LogP contribution in [0.25, 0.3) is 0 Å². The number of nitrogens with two attached hydrogens (primary N) is 2. The molecular weight excluding hydrogens is 346 g/mol. The minimum absolute atomic E-state index is 0.00402. The molecule has 0 aliphatic carbocycles. The molecule has 0 radical (unpaired) electrons.